The number of hydrogen-bond donors (Lipinski definition) is 0. The van der Waals surface area contributed by atoms with Crippen LogP contribution in [0.4, 0.5) is 4.39 Å². The van der Waals surface area contributed by atoms with Gasteiger partial charge in [0.15, 0.2) is 0 Å². The topological polar surface area (TPSA) is 41.6 Å². The van der Waals surface area contributed by atoms with Crippen LogP contribution in [0.5, 0.6) is 0 Å². The SMILES string of the molecule is N#Cc1cc(-c2ccc(F)cc2)nn1-c1ccccc1. The number of halogens is 1. The van der Waals surface area contributed by atoms with Crippen molar-refractivity contribution in [3.05, 3.63) is 72.2 Å². The van der Waals surface area contributed by atoms with Crippen LogP contribution in [0, 0.1) is 17.1 Å². The number of hydrogen-bond acceptors (Lipinski definition) is 2. The maximum absolute atomic E-state index is 12.9. The molecule has 2 aromatic carbocycles. The predicted molar refractivity (Wildman–Crippen MR) is 73.7 cm³/mol. The highest BCUT2D eigenvalue weighted by molar-refractivity contribution is 5.61. The molecule has 0 aliphatic carbocycles. The Balaban J connectivity index is 2.10. The van der Waals surface area contributed by atoms with Crippen LogP contribution in [-0.2, 0) is 0 Å². The summed E-state index contributed by atoms with van der Waals surface area (Å²) >= 11 is 0. The van der Waals surface area contributed by atoms with E-state index in [4.69, 9.17) is 0 Å². The average Bonchev–Trinajstić information content (AvgIpc) is 2.93. The van der Waals surface area contributed by atoms with Crippen LogP contribution in [0.15, 0.2) is 60.7 Å². The summed E-state index contributed by atoms with van der Waals surface area (Å²) in [6.45, 7) is 0. The molecule has 0 aliphatic rings. The Morgan fingerprint density at radius 3 is 2.35 bits per heavy atom. The molecule has 0 fully saturated rings. The lowest BCUT2D eigenvalue weighted by atomic mass is 10.1. The first kappa shape index (κ1) is 12.1. The quantitative estimate of drug-likeness (QED) is 0.709. The molecule has 3 nitrogen and oxygen atoms in total. The van der Waals surface area contributed by atoms with Gasteiger partial charge in [-0.15, -0.1) is 0 Å². The van der Waals surface area contributed by atoms with Gasteiger partial charge in [-0.2, -0.15) is 10.4 Å². The second-order valence-electron chi connectivity index (χ2n) is 4.28. The van der Waals surface area contributed by atoms with Crippen molar-refractivity contribution in [2.45, 2.75) is 0 Å². The summed E-state index contributed by atoms with van der Waals surface area (Å²) < 4.78 is 14.5. The largest absolute Gasteiger partial charge is 0.222 e. The number of benzene rings is 2. The molecule has 4 heteroatoms. The summed E-state index contributed by atoms with van der Waals surface area (Å²) in [4.78, 5) is 0. The van der Waals surface area contributed by atoms with E-state index >= 15 is 0 Å². The lowest BCUT2D eigenvalue weighted by molar-refractivity contribution is 0.628. The summed E-state index contributed by atoms with van der Waals surface area (Å²) in [5, 5.41) is 13.6. The molecule has 20 heavy (non-hydrogen) atoms. The van der Waals surface area contributed by atoms with Gasteiger partial charge in [0.2, 0.25) is 0 Å². The van der Waals surface area contributed by atoms with E-state index < -0.39 is 0 Å². The first-order chi connectivity index (χ1) is 9.78. The van der Waals surface area contributed by atoms with Gasteiger partial charge in [-0.1, -0.05) is 18.2 Å². The first-order valence-electron chi connectivity index (χ1n) is 6.09. The molecule has 0 saturated heterocycles. The van der Waals surface area contributed by atoms with Crippen molar-refractivity contribution < 1.29 is 4.39 Å². The van der Waals surface area contributed by atoms with Gasteiger partial charge in [-0.25, -0.2) is 9.07 Å². The smallest absolute Gasteiger partial charge is 0.144 e. The van der Waals surface area contributed by atoms with E-state index in [1.165, 1.54) is 12.1 Å². The van der Waals surface area contributed by atoms with Gasteiger partial charge in [-0.3, -0.25) is 0 Å². The molecular formula is C16H10FN3. The highest BCUT2D eigenvalue weighted by atomic mass is 19.1. The lowest BCUT2D eigenvalue weighted by Gasteiger charge is -2.01. The zero-order valence-corrected chi connectivity index (χ0v) is 10.5. The van der Waals surface area contributed by atoms with Crippen molar-refractivity contribution in [2.75, 3.05) is 0 Å². The van der Waals surface area contributed by atoms with E-state index in [1.54, 1.807) is 22.9 Å². The Morgan fingerprint density at radius 1 is 1.00 bits per heavy atom. The number of aromatic nitrogens is 2. The third-order valence-electron chi connectivity index (χ3n) is 2.96. The third kappa shape index (κ3) is 2.17. The highest BCUT2D eigenvalue weighted by Crippen LogP contribution is 2.21. The predicted octanol–water partition coefficient (Wildman–Crippen LogP) is 3.55. The third-order valence-corrected chi connectivity index (χ3v) is 2.96. The molecule has 0 aliphatic heterocycles. The van der Waals surface area contributed by atoms with Crippen molar-refractivity contribution in [2.24, 2.45) is 0 Å². The number of para-hydroxylation sites is 1. The minimum absolute atomic E-state index is 0.295. The van der Waals surface area contributed by atoms with Gasteiger partial charge < -0.3 is 0 Å². The molecule has 0 atom stereocenters. The second kappa shape index (κ2) is 4.98. The van der Waals surface area contributed by atoms with Crippen molar-refractivity contribution in [3.8, 4) is 23.0 Å². The van der Waals surface area contributed by atoms with Crippen LogP contribution in [0.25, 0.3) is 16.9 Å². The number of nitriles is 1. The summed E-state index contributed by atoms with van der Waals surface area (Å²) in [5.41, 5.74) is 2.68. The Morgan fingerprint density at radius 2 is 1.70 bits per heavy atom. The molecule has 0 bridgehead atoms. The van der Waals surface area contributed by atoms with Crippen LogP contribution < -0.4 is 0 Å². The molecular weight excluding hydrogens is 253 g/mol. The number of rotatable bonds is 2. The van der Waals surface area contributed by atoms with Crippen LogP contribution in [0.3, 0.4) is 0 Å². The van der Waals surface area contributed by atoms with E-state index in [0.717, 1.165) is 11.3 Å². The fourth-order valence-corrected chi connectivity index (χ4v) is 1.99. The van der Waals surface area contributed by atoms with Crippen LogP contribution in [-0.4, -0.2) is 9.78 Å². The normalized spacial score (nSPS) is 10.2. The summed E-state index contributed by atoms with van der Waals surface area (Å²) in [6.07, 6.45) is 0. The van der Waals surface area contributed by atoms with E-state index in [-0.39, 0.29) is 5.82 Å². The maximum atomic E-state index is 12.9. The van der Waals surface area contributed by atoms with Crippen molar-refractivity contribution in [1.82, 2.24) is 9.78 Å². The van der Waals surface area contributed by atoms with Gasteiger partial charge in [0.25, 0.3) is 0 Å². The van der Waals surface area contributed by atoms with Crippen molar-refractivity contribution in [1.29, 1.82) is 5.26 Å². The second-order valence-corrected chi connectivity index (χ2v) is 4.28. The standard InChI is InChI=1S/C16H10FN3/c17-13-8-6-12(7-9-13)16-10-15(11-18)20(19-16)14-4-2-1-3-5-14/h1-10H. The molecule has 3 aromatic rings. The Labute approximate surface area is 115 Å². The monoisotopic (exact) mass is 263 g/mol. The fourth-order valence-electron chi connectivity index (χ4n) is 1.99. The van der Waals surface area contributed by atoms with Gasteiger partial charge in [-0.05, 0) is 36.4 Å². The van der Waals surface area contributed by atoms with E-state index in [0.29, 0.717) is 11.4 Å². The molecule has 1 aromatic heterocycles. The molecule has 0 N–H and O–H groups in total. The number of nitrogens with zero attached hydrogens (tertiary/aromatic N) is 3. The fraction of sp³-hybridized carbons (Fsp3) is 0. The van der Waals surface area contributed by atoms with E-state index in [9.17, 15) is 9.65 Å². The average molecular weight is 263 g/mol. The van der Waals surface area contributed by atoms with Crippen molar-refractivity contribution >= 4 is 0 Å². The van der Waals surface area contributed by atoms with Crippen LogP contribution >= 0.6 is 0 Å². The van der Waals surface area contributed by atoms with Gasteiger partial charge in [0, 0.05) is 11.6 Å². The molecule has 96 valence electrons. The van der Waals surface area contributed by atoms with E-state index in [1.807, 2.05) is 30.3 Å². The van der Waals surface area contributed by atoms with Crippen LogP contribution in [0.2, 0.25) is 0 Å². The molecule has 0 saturated carbocycles. The Bertz CT molecular complexity index is 768. The minimum atomic E-state index is -0.295. The summed E-state index contributed by atoms with van der Waals surface area (Å²) in [6, 6.07) is 19.3. The van der Waals surface area contributed by atoms with Gasteiger partial charge in [0.05, 0.1) is 11.4 Å². The summed E-state index contributed by atoms with van der Waals surface area (Å²) in [7, 11) is 0. The molecule has 0 unspecified atom stereocenters. The molecule has 0 spiro atoms. The first-order valence-corrected chi connectivity index (χ1v) is 6.09. The highest BCUT2D eigenvalue weighted by Gasteiger charge is 2.10. The van der Waals surface area contributed by atoms with Gasteiger partial charge in [0.1, 0.15) is 17.6 Å². The summed E-state index contributed by atoms with van der Waals surface area (Å²) in [5.74, 6) is -0.295. The van der Waals surface area contributed by atoms with Gasteiger partial charge >= 0.3 is 0 Å². The van der Waals surface area contributed by atoms with Crippen LogP contribution in [0.1, 0.15) is 5.69 Å². The zero-order valence-electron chi connectivity index (χ0n) is 10.5. The van der Waals surface area contributed by atoms with Crippen molar-refractivity contribution in [3.63, 3.8) is 0 Å². The van der Waals surface area contributed by atoms with E-state index in [2.05, 4.69) is 11.2 Å². The Kier molecular flexibility index (Phi) is 3.02. The lowest BCUT2D eigenvalue weighted by Crippen LogP contribution is -1.98. The minimum Gasteiger partial charge on any atom is -0.222 e. The maximum Gasteiger partial charge on any atom is 0.144 e. The molecule has 0 radical (unpaired) electrons. The molecule has 3 rings (SSSR count). The Hall–Kier alpha value is -2.93. The molecule has 1 heterocycles. The zero-order chi connectivity index (χ0) is 13.9. The molecule has 0 amide bonds.